The fourth-order valence-electron chi connectivity index (χ4n) is 3.98. The summed E-state index contributed by atoms with van der Waals surface area (Å²) in [6.07, 6.45) is 5.95. The van der Waals surface area contributed by atoms with Gasteiger partial charge in [-0.25, -0.2) is 4.39 Å². The van der Waals surface area contributed by atoms with E-state index in [0.717, 1.165) is 29.5 Å². The van der Waals surface area contributed by atoms with Crippen LogP contribution in [0.4, 0.5) is 10.1 Å². The monoisotopic (exact) mass is 374 g/mol. The van der Waals surface area contributed by atoms with Crippen LogP contribution < -0.4 is 10.2 Å². The van der Waals surface area contributed by atoms with E-state index in [0.29, 0.717) is 23.1 Å². The van der Waals surface area contributed by atoms with Crippen molar-refractivity contribution < 1.29 is 4.39 Å². The topological polar surface area (TPSA) is 15.3 Å². The quantitative estimate of drug-likeness (QED) is 0.821. The number of benzene rings is 1. The Balaban J connectivity index is 1.92. The number of nitrogens with one attached hydrogen (secondary N) is 1. The van der Waals surface area contributed by atoms with Crippen LogP contribution in [-0.2, 0) is 0 Å². The summed E-state index contributed by atoms with van der Waals surface area (Å²) in [6, 6.07) is 4.54. The highest BCUT2D eigenvalue weighted by atomic mass is 79.9. The molecule has 0 aliphatic carbocycles. The number of hydrogen-bond acceptors (Lipinski definition) is 2. The Morgan fingerprint density at radius 1 is 1.33 bits per heavy atom. The van der Waals surface area contributed by atoms with Crippen molar-refractivity contribution in [1.82, 2.24) is 5.32 Å². The van der Waals surface area contributed by atoms with Gasteiger partial charge in [0.2, 0.25) is 0 Å². The van der Waals surface area contributed by atoms with Crippen LogP contribution in [0.5, 0.6) is 0 Å². The predicted molar refractivity (Wildman–Crippen MR) is 89.7 cm³/mol. The van der Waals surface area contributed by atoms with Gasteiger partial charge in [0.15, 0.2) is 0 Å². The maximum atomic E-state index is 13.5. The molecule has 0 amide bonds. The zero-order valence-corrected chi connectivity index (χ0v) is 14.6. The van der Waals surface area contributed by atoms with Gasteiger partial charge in [0, 0.05) is 22.6 Å². The van der Waals surface area contributed by atoms with E-state index < -0.39 is 0 Å². The second-order valence-corrected chi connectivity index (χ2v) is 7.35. The van der Waals surface area contributed by atoms with E-state index in [1.807, 2.05) is 0 Å². The summed E-state index contributed by atoms with van der Waals surface area (Å²) >= 11 is 9.86. The van der Waals surface area contributed by atoms with E-state index >= 15 is 0 Å². The van der Waals surface area contributed by atoms with Crippen LogP contribution in [0, 0.1) is 5.82 Å². The third kappa shape index (κ3) is 3.08. The first-order chi connectivity index (χ1) is 10.1. The summed E-state index contributed by atoms with van der Waals surface area (Å²) in [4.78, 5) is 2.45. The van der Waals surface area contributed by atoms with E-state index in [1.165, 1.54) is 31.4 Å². The van der Waals surface area contributed by atoms with Crippen LogP contribution in [0.25, 0.3) is 0 Å². The normalized spacial score (nSPS) is 28.8. The first-order valence-corrected chi connectivity index (χ1v) is 8.93. The number of nitrogens with zero attached hydrogens (tertiary/aromatic N) is 1. The summed E-state index contributed by atoms with van der Waals surface area (Å²) in [5.41, 5.74) is 0.975. The van der Waals surface area contributed by atoms with Crippen molar-refractivity contribution in [1.29, 1.82) is 0 Å². The van der Waals surface area contributed by atoms with E-state index in [-0.39, 0.29) is 5.82 Å². The Bertz CT molecular complexity index is 488. The zero-order valence-electron chi connectivity index (χ0n) is 12.2. The number of rotatable bonds is 3. The number of piperidine rings is 2. The van der Waals surface area contributed by atoms with E-state index in [9.17, 15) is 4.39 Å². The zero-order chi connectivity index (χ0) is 15.0. The summed E-state index contributed by atoms with van der Waals surface area (Å²) in [6.45, 7) is 3.18. The lowest BCUT2D eigenvalue weighted by Crippen LogP contribution is -2.56. The fraction of sp³-hybridized carbons (Fsp3) is 0.625. The largest absolute Gasteiger partial charge is 0.363 e. The van der Waals surface area contributed by atoms with Gasteiger partial charge in [0.25, 0.3) is 0 Å². The molecule has 2 aliphatic rings. The summed E-state index contributed by atoms with van der Waals surface area (Å²) in [5, 5.41) is 4.11. The number of hydrogen-bond donors (Lipinski definition) is 1. The van der Waals surface area contributed by atoms with Crippen LogP contribution in [0.2, 0.25) is 5.02 Å². The first-order valence-electron chi connectivity index (χ1n) is 7.76. The van der Waals surface area contributed by atoms with Crippen molar-refractivity contribution in [3.8, 4) is 0 Å². The summed E-state index contributed by atoms with van der Waals surface area (Å²) < 4.78 is 14.3. The van der Waals surface area contributed by atoms with Gasteiger partial charge in [-0.1, -0.05) is 18.5 Å². The first kappa shape index (κ1) is 15.6. The molecule has 1 N–H and O–H groups in total. The highest BCUT2D eigenvalue weighted by molar-refractivity contribution is 9.10. The maximum Gasteiger partial charge on any atom is 0.125 e. The lowest BCUT2D eigenvalue weighted by atomic mass is 9.81. The van der Waals surface area contributed by atoms with Gasteiger partial charge < -0.3 is 10.2 Å². The van der Waals surface area contributed by atoms with Gasteiger partial charge in [-0.2, -0.15) is 0 Å². The molecule has 0 aromatic heterocycles. The third-order valence-corrected chi connectivity index (χ3v) is 5.60. The van der Waals surface area contributed by atoms with Gasteiger partial charge in [-0.05, 0) is 66.7 Å². The summed E-state index contributed by atoms with van der Waals surface area (Å²) in [7, 11) is 0. The smallest absolute Gasteiger partial charge is 0.125 e. The average Bonchev–Trinajstić information content (AvgIpc) is 2.38. The Kier molecular flexibility index (Phi) is 4.77. The van der Waals surface area contributed by atoms with Crippen LogP contribution in [0.3, 0.4) is 0 Å². The Hall–Kier alpha value is -0.320. The van der Waals surface area contributed by atoms with Gasteiger partial charge in [0.05, 0.1) is 10.7 Å². The minimum Gasteiger partial charge on any atom is -0.363 e. The molecule has 2 aliphatic heterocycles. The molecule has 2 nitrogen and oxygen atoms in total. The van der Waals surface area contributed by atoms with E-state index in [4.69, 9.17) is 11.6 Å². The van der Waals surface area contributed by atoms with Crippen molar-refractivity contribution in [2.45, 2.75) is 57.2 Å². The number of halogens is 3. The molecule has 2 saturated heterocycles. The highest BCUT2D eigenvalue weighted by Gasteiger charge is 2.39. The molecule has 3 rings (SSSR count). The molecular weight excluding hydrogens is 355 g/mol. The van der Waals surface area contributed by atoms with Crippen LogP contribution >= 0.6 is 27.5 Å². The van der Waals surface area contributed by atoms with Gasteiger partial charge in [0.1, 0.15) is 5.82 Å². The van der Waals surface area contributed by atoms with E-state index in [2.05, 4.69) is 33.1 Å². The molecular formula is C16H21BrClFN2. The Morgan fingerprint density at radius 2 is 2.00 bits per heavy atom. The molecule has 0 spiro atoms. The maximum absolute atomic E-state index is 13.5. The molecule has 116 valence electrons. The Labute approximate surface area is 139 Å². The number of fused-ring (bicyclic) bond motifs is 2. The molecule has 5 heteroatoms. The van der Waals surface area contributed by atoms with Crippen molar-refractivity contribution in [3.05, 3.63) is 27.4 Å². The van der Waals surface area contributed by atoms with E-state index in [1.54, 1.807) is 0 Å². The second-order valence-electron chi connectivity index (χ2n) is 6.09. The summed E-state index contributed by atoms with van der Waals surface area (Å²) in [5.74, 6) is -0.289. The van der Waals surface area contributed by atoms with Crippen LogP contribution in [-0.4, -0.2) is 24.7 Å². The molecule has 0 radical (unpaired) electrons. The predicted octanol–water partition coefficient (Wildman–Crippen LogP) is 4.74. The second kappa shape index (κ2) is 6.43. The fourth-order valence-corrected chi connectivity index (χ4v) is 5.04. The standard InChI is InChI=1S/C16H21BrClFN2/c1-2-20-11-8-12-4-3-5-13(9-11)21(12)16-14(17)6-10(19)7-15(16)18/h6-7,11-13,20H,2-5,8-9H2,1H3. The molecule has 2 fully saturated rings. The van der Waals surface area contributed by atoms with Crippen molar-refractivity contribution in [3.63, 3.8) is 0 Å². The molecule has 2 unspecified atom stereocenters. The molecule has 21 heavy (non-hydrogen) atoms. The van der Waals surface area contributed by atoms with Crippen LogP contribution in [0.1, 0.15) is 39.0 Å². The van der Waals surface area contributed by atoms with Crippen molar-refractivity contribution in [2.75, 3.05) is 11.4 Å². The molecule has 0 saturated carbocycles. The Morgan fingerprint density at radius 3 is 2.57 bits per heavy atom. The average molecular weight is 376 g/mol. The molecule has 2 heterocycles. The molecule has 1 aromatic rings. The molecule has 2 atom stereocenters. The number of anilines is 1. The van der Waals surface area contributed by atoms with Gasteiger partial charge in [-0.3, -0.25) is 0 Å². The third-order valence-electron chi connectivity index (χ3n) is 4.71. The SMILES string of the molecule is CCNC1CC2CCCC(C1)N2c1c(Cl)cc(F)cc1Br. The van der Waals surface area contributed by atoms with Crippen LogP contribution in [0.15, 0.2) is 16.6 Å². The minimum absolute atomic E-state index is 0.289. The van der Waals surface area contributed by atoms with Crippen molar-refractivity contribution >= 4 is 33.2 Å². The van der Waals surface area contributed by atoms with Crippen molar-refractivity contribution in [2.24, 2.45) is 0 Å². The lowest BCUT2D eigenvalue weighted by Gasteiger charge is -2.51. The highest BCUT2D eigenvalue weighted by Crippen LogP contribution is 2.44. The van der Waals surface area contributed by atoms with Gasteiger partial charge >= 0.3 is 0 Å². The van der Waals surface area contributed by atoms with Gasteiger partial charge in [-0.15, -0.1) is 0 Å². The molecule has 2 bridgehead atoms. The minimum atomic E-state index is -0.289. The molecule has 1 aromatic carbocycles. The lowest BCUT2D eigenvalue weighted by molar-refractivity contribution is 0.247.